The zero-order valence-corrected chi connectivity index (χ0v) is 17.2. The number of nitrogens with one attached hydrogen (secondary N) is 2. The highest BCUT2D eigenvalue weighted by atomic mass is 35.5. The molecule has 3 rings (SSSR count). The van der Waals surface area contributed by atoms with E-state index in [0.717, 1.165) is 23.8 Å². The van der Waals surface area contributed by atoms with Crippen LogP contribution in [-0.2, 0) is 17.0 Å². The second kappa shape index (κ2) is 7.94. The van der Waals surface area contributed by atoms with E-state index < -0.39 is 11.8 Å². The number of benzene rings is 2. The summed E-state index contributed by atoms with van der Waals surface area (Å²) in [5.74, 6) is 0. The molecule has 0 saturated carbocycles. The van der Waals surface area contributed by atoms with E-state index in [0.29, 0.717) is 17.1 Å². The van der Waals surface area contributed by atoms with Crippen molar-refractivity contribution in [2.75, 3.05) is 7.05 Å². The van der Waals surface area contributed by atoms with Gasteiger partial charge in [0.15, 0.2) is 0 Å². The molecule has 28 heavy (non-hydrogen) atoms. The van der Waals surface area contributed by atoms with Crippen LogP contribution in [0.3, 0.4) is 0 Å². The maximum atomic E-state index is 14.0. The molecule has 1 heterocycles. The second-order valence-electron chi connectivity index (χ2n) is 6.09. The number of halogens is 7. The van der Waals surface area contributed by atoms with Crippen molar-refractivity contribution in [2.45, 2.75) is 18.3 Å². The highest BCUT2D eigenvalue weighted by Gasteiger charge is 2.59. The van der Waals surface area contributed by atoms with Gasteiger partial charge in [0.05, 0.1) is 20.8 Å². The number of rotatable bonds is 4. The van der Waals surface area contributed by atoms with Crippen molar-refractivity contribution >= 4 is 52.1 Å². The summed E-state index contributed by atoms with van der Waals surface area (Å²) in [5, 5.41) is 3.11. The summed E-state index contributed by atoms with van der Waals surface area (Å²) in [6.07, 6.45) is -3.88. The van der Waals surface area contributed by atoms with Crippen molar-refractivity contribution in [3.8, 4) is 0 Å². The Morgan fingerprint density at radius 3 is 2.21 bits per heavy atom. The largest absolute Gasteiger partial charge is 0.428 e. The fourth-order valence-corrected chi connectivity index (χ4v) is 3.65. The maximum absolute atomic E-state index is 14.0. The van der Waals surface area contributed by atoms with Gasteiger partial charge < -0.3 is 5.32 Å². The molecule has 0 fully saturated rings. The van der Waals surface area contributed by atoms with Crippen molar-refractivity contribution in [3.63, 3.8) is 0 Å². The molecular formula is C18H13Cl4F3N2O. The second-order valence-corrected chi connectivity index (χ2v) is 7.69. The van der Waals surface area contributed by atoms with E-state index in [4.69, 9.17) is 51.2 Å². The molecule has 2 N–H and O–H groups in total. The number of hydroxylamine groups is 1. The van der Waals surface area contributed by atoms with Crippen LogP contribution in [0, 0.1) is 0 Å². The molecule has 2 aromatic rings. The first-order valence-electron chi connectivity index (χ1n) is 7.91. The van der Waals surface area contributed by atoms with Crippen molar-refractivity contribution in [3.05, 3.63) is 73.2 Å². The third kappa shape index (κ3) is 3.82. The van der Waals surface area contributed by atoms with Gasteiger partial charge in [0, 0.05) is 22.7 Å². The molecule has 0 radical (unpaired) electrons. The Morgan fingerprint density at radius 2 is 1.68 bits per heavy atom. The molecule has 0 spiro atoms. The van der Waals surface area contributed by atoms with Gasteiger partial charge in [-0.1, -0.05) is 58.5 Å². The molecule has 1 atom stereocenters. The Balaban J connectivity index is 2.10. The van der Waals surface area contributed by atoms with E-state index in [-0.39, 0.29) is 26.3 Å². The van der Waals surface area contributed by atoms with Crippen LogP contribution in [0.4, 0.5) is 13.2 Å². The number of alkyl halides is 3. The highest BCUT2D eigenvalue weighted by Crippen LogP contribution is 2.49. The van der Waals surface area contributed by atoms with Crippen LogP contribution >= 0.6 is 46.4 Å². The monoisotopic (exact) mass is 470 g/mol. The van der Waals surface area contributed by atoms with Gasteiger partial charge in [0.25, 0.3) is 0 Å². The molecule has 0 amide bonds. The van der Waals surface area contributed by atoms with Crippen LogP contribution in [-0.4, -0.2) is 13.2 Å². The minimum atomic E-state index is -4.81. The topological polar surface area (TPSA) is 33.3 Å². The Labute approximate surface area is 179 Å². The zero-order chi connectivity index (χ0) is 20.7. The van der Waals surface area contributed by atoms with Gasteiger partial charge in [0.1, 0.15) is 0 Å². The quantitative estimate of drug-likeness (QED) is 0.509. The minimum absolute atomic E-state index is 0.0357. The van der Waals surface area contributed by atoms with Crippen molar-refractivity contribution in [1.29, 1.82) is 0 Å². The first-order chi connectivity index (χ1) is 13.1. The van der Waals surface area contributed by atoms with Crippen LogP contribution in [0.2, 0.25) is 20.1 Å². The summed E-state index contributed by atoms with van der Waals surface area (Å²) < 4.78 is 42.1. The fourth-order valence-electron chi connectivity index (χ4n) is 2.80. The molecule has 0 aromatic heterocycles. The lowest BCUT2D eigenvalue weighted by Crippen LogP contribution is -2.42. The Kier molecular flexibility index (Phi) is 6.11. The summed E-state index contributed by atoms with van der Waals surface area (Å²) in [7, 11) is 1.76. The van der Waals surface area contributed by atoms with Gasteiger partial charge in [0.2, 0.25) is 5.60 Å². The number of hydrogen-bond donors (Lipinski definition) is 2. The lowest BCUT2D eigenvalue weighted by Gasteiger charge is -2.29. The minimum Gasteiger partial charge on any atom is -0.316 e. The van der Waals surface area contributed by atoms with E-state index in [1.54, 1.807) is 25.2 Å². The molecule has 150 valence electrons. The van der Waals surface area contributed by atoms with Crippen LogP contribution in [0.1, 0.15) is 16.7 Å². The SMILES string of the molecule is CNCc1ccc(C2=CC(c3cc(Cl)c(Cl)c(Cl)c3)(C(F)(F)F)ON2)cc1Cl. The zero-order valence-electron chi connectivity index (χ0n) is 14.2. The summed E-state index contributed by atoms with van der Waals surface area (Å²) in [5.41, 5.74) is 0.600. The molecule has 1 unspecified atom stereocenters. The standard InChI is InChI=1S/C18H13Cl4F3N2O/c1-26-8-10-3-2-9(4-12(10)19)15-7-17(28-27-15,18(23,24)25)11-5-13(20)16(22)14(21)6-11/h2-7,26-27H,8H2,1H3. The molecule has 2 aromatic carbocycles. The van der Waals surface area contributed by atoms with Crippen molar-refractivity contribution < 1.29 is 18.0 Å². The third-order valence-corrected chi connectivity index (χ3v) is 5.78. The lowest BCUT2D eigenvalue weighted by atomic mass is 9.91. The first-order valence-corrected chi connectivity index (χ1v) is 9.42. The van der Waals surface area contributed by atoms with Gasteiger partial charge in [-0.25, -0.2) is 0 Å². The fraction of sp³-hybridized carbons (Fsp3) is 0.222. The average molecular weight is 472 g/mol. The molecular weight excluding hydrogens is 459 g/mol. The summed E-state index contributed by atoms with van der Waals surface area (Å²) in [6.45, 7) is 0.524. The van der Waals surface area contributed by atoms with Crippen LogP contribution in [0.15, 0.2) is 36.4 Å². The lowest BCUT2D eigenvalue weighted by molar-refractivity contribution is -0.269. The van der Waals surface area contributed by atoms with Gasteiger partial charge >= 0.3 is 6.18 Å². The molecule has 0 saturated heterocycles. The summed E-state index contributed by atoms with van der Waals surface area (Å²) in [4.78, 5) is 5.04. The normalized spacial score (nSPS) is 19.5. The molecule has 1 aliphatic rings. The average Bonchev–Trinajstić information content (AvgIpc) is 3.08. The van der Waals surface area contributed by atoms with Gasteiger partial charge in [-0.05, 0) is 36.9 Å². The van der Waals surface area contributed by atoms with E-state index in [1.165, 1.54) is 0 Å². The summed E-state index contributed by atoms with van der Waals surface area (Å²) >= 11 is 23.9. The van der Waals surface area contributed by atoms with Crippen LogP contribution in [0.25, 0.3) is 5.70 Å². The maximum Gasteiger partial charge on any atom is 0.428 e. The van der Waals surface area contributed by atoms with Crippen molar-refractivity contribution in [2.24, 2.45) is 0 Å². The van der Waals surface area contributed by atoms with Gasteiger partial charge in [-0.15, -0.1) is 0 Å². The summed E-state index contributed by atoms with van der Waals surface area (Å²) in [6, 6.07) is 7.08. The Morgan fingerprint density at radius 1 is 1.04 bits per heavy atom. The number of hydrogen-bond acceptors (Lipinski definition) is 3. The van der Waals surface area contributed by atoms with Crippen molar-refractivity contribution in [1.82, 2.24) is 10.8 Å². The van der Waals surface area contributed by atoms with Gasteiger partial charge in [-0.3, -0.25) is 10.3 Å². The highest BCUT2D eigenvalue weighted by molar-refractivity contribution is 6.48. The molecule has 10 heteroatoms. The molecule has 0 bridgehead atoms. The molecule has 0 aliphatic carbocycles. The first kappa shape index (κ1) is 21.6. The van der Waals surface area contributed by atoms with Gasteiger partial charge in [-0.2, -0.15) is 13.2 Å². The molecule has 1 aliphatic heterocycles. The van der Waals surface area contributed by atoms with Crippen LogP contribution < -0.4 is 10.8 Å². The third-order valence-electron chi connectivity index (χ3n) is 4.23. The van der Waals surface area contributed by atoms with E-state index in [2.05, 4.69) is 10.8 Å². The smallest absolute Gasteiger partial charge is 0.316 e. The van der Waals surface area contributed by atoms with E-state index in [9.17, 15) is 13.2 Å². The predicted octanol–water partition coefficient (Wildman–Crippen LogP) is 6.35. The van der Waals surface area contributed by atoms with E-state index in [1.807, 2.05) is 0 Å². The predicted molar refractivity (Wildman–Crippen MR) is 106 cm³/mol. The van der Waals surface area contributed by atoms with Crippen LogP contribution in [0.5, 0.6) is 0 Å². The molecule has 3 nitrogen and oxygen atoms in total. The Bertz CT molecular complexity index is 926. The Hall–Kier alpha value is -1.15. The van der Waals surface area contributed by atoms with E-state index >= 15 is 0 Å².